The molecule has 1 aromatic heterocycles. The molecular weight excluding hydrogens is 310 g/mol. The first kappa shape index (κ1) is 16.2. The van der Waals surface area contributed by atoms with Crippen LogP contribution in [0, 0.1) is 0 Å². The third kappa shape index (κ3) is 3.64. The molecule has 0 aliphatic heterocycles. The third-order valence-corrected chi connectivity index (χ3v) is 5.86. The lowest BCUT2D eigenvalue weighted by molar-refractivity contribution is 0.412. The van der Waals surface area contributed by atoms with E-state index in [2.05, 4.69) is 9.71 Å². The Bertz CT molecular complexity index is 797. The highest BCUT2D eigenvalue weighted by atomic mass is 32.2. The molecule has 124 valence electrons. The number of rotatable bonds is 4. The average molecular weight is 333 g/mol. The summed E-state index contributed by atoms with van der Waals surface area (Å²) in [6.45, 7) is 0. The van der Waals surface area contributed by atoms with Crippen molar-refractivity contribution >= 4 is 26.7 Å². The van der Waals surface area contributed by atoms with Crippen LogP contribution in [0.3, 0.4) is 0 Å². The van der Waals surface area contributed by atoms with Gasteiger partial charge in [0.2, 0.25) is 10.0 Å². The zero-order valence-corrected chi connectivity index (χ0v) is 14.4. The van der Waals surface area contributed by atoms with E-state index in [1.807, 2.05) is 31.1 Å². The molecule has 0 saturated heterocycles. The molecule has 3 rings (SSSR count). The molecule has 1 aliphatic rings. The molecule has 0 amide bonds. The van der Waals surface area contributed by atoms with Gasteiger partial charge in [-0.3, -0.25) is 0 Å². The van der Waals surface area contributed by atoms with Gasteiger partial charge in [-0.1, -0.05) is 19.3 Å². The Balaban J connectivity index is 1.88. The van der Waals surface area contributed by atoms with Crippen LogP contribution in [0.25, 0.3) is 10.9 Å². The lowest BCUT2D eigenvalue weighted by Crippen LogP contribution is -2.36. The van der Waals surface area contributed by atoms with Crippen LogP contribution in [0.5, 0.6) is 0 Å². The van der Waals surface area contributed by atoms with Gasteiger partial charge in [-0.15, -0.1) is 0 Å². The monoisotopic (exact) mass is 333 g/mol. The van der Waals surface area contributed by atoms with Gasteiger partial charge in [-0.05, 0) is 43.2 Å². The zero-order chi connectivity index (χ0) is 16.4. The fourth-order valence-electron chi connectivity index (χ4n) is 3.02. The Morgan fingerprint density at radius 3 is 2.52 bits per heavy atom. The highest BCUT2D eigenvalue weighted by molar-refractivity contribution is 7.89. The SMILES string of the molecule is CN(C)c1ccc2cc(S(=O)(=O)NC3CCCCC3)ccc2n1. The van der Waals surface area contributed by atoms with Crippen LogP contribution in [-0.4, -0.2) is 33.5 Å². The largest absolute Gasteiger partial charge is 0.363 e. The number of sulfonamides is 1. The van der Waals surface area contributed by atoms with Crippen molar-refractivity contribution in [3.05, 3.63) is 30.3 Å². The van der Waals surface area contributed by atoms with E-state index in [4.69, 9.17) is 0 Å². The first-order chi connectivity index (χ1) is 11.0. The Morgan fingerprint density at radius 1 is 1.09 bits per heavy atom. The quantitative estimate of drug-likeness (QED) is 0.934. The summed E-state index contributed by atoms with van der Waals surface area (Å²) in [4.78, 5) is 6.76. The smallest absolute Gasteiger partial charge is 0.240 e. The number of nitrogens with zero attached hydrogens (tertiary/aromatic N) is 2. The number of aromatic nitrogens is 1. The minimum absolute atomic E-state index is 0.0682. The van der Waals surface area contributed by atoms with Crippen molar-refractivity contribution in [1.82, 2.24) is 9.71 Å². The minimum atomic E-state index is -3.47. The van der Waals surface area contributed by atoms with Gasteiger partial charge in [0.25, 0.3) is 0 Å². The van der Waals surface area contributed by atoms with E-state index in [1.165, 1.54) is 6.42 Å². The number of pyridine rings is 1. The molecule has 0 unspecified atom stereocenters. The fraction of sp³-hybridized carbons (Fsp3) is 0.471. The standard InChI is InChI=1S/C17H23N3O2S/c1-20(2)17-11-8-13-12-15(9-10-16(13)18-17)23(21,22)19-14-6-4-3-5-7-14/h8-12,14,19H,3-7H2,1-2H3. The molecule has 6 heteroatoms. The van der Waals surface area contributed by atoms with Crippen LogP contribution in [0.2, 0.25) is 0 Å². The van der Waals surface area contributed by atoms with Crippen molar-refractivity contribution in [1.29, 1.82) is 0 Å². The third-order valence-electron chi connectivity index (χ3n) is 4.34. The van der Waals surface area contributed by atoms with Crippen molar-refractivity contribution in [2.24, 2.45) is 0 Å². The molecular formula is C17H23N3O2S. The zero-order valence-electron chi connectivity index (χ0n) is 13.6. The van der Waals surface area contributed by atoms with Crippen LogP contribution < -0.4 is 9.62 Å². The number of fused-ring (bicyclic) bond motifs is 1. The normalized spacial score (nSPS) is 16.6. The number of anilines is 1. The molecule has 1 fully saturated rings. The molecule has 0 spiro atoms. The maximum Gasteiger partial charge on any atom is 0.240 e. The first-order valence-electron chi connectivity index (χ1n) is 8.06. The van der Waals surface area contributed by atoms with Gasteiger partial charge < -0.3 is 4.90 Å². The van der Waals surface area contributed by atoms with Crippen molar-refractivity contribution in [2.45, 2.75) is 43.0 Å². The van der Waals surface area contributed by atoms with Crippen molar-refractivity contribution in [2.75, 3.05) is 19.0 Å². The van der Waals surface area contributed by atoms with E-state index in [1.54, 1.807) is 18.2 Å². The van der Waals surface area contributed by atoms with Crippen molar-refractivity contribution in [3.8, 4) is 0 Å². The summed E-state index contributed by atoms with van der Waals surface area (Å²) in [5.74, 6) is 0.855. The van der Waals surface area contributed by atoms with Gasteiger partial charge >= 0.3 is 0 Å². The summed E-state index contributed by atoms with van der Waals surface area (Å²) in [5.41, 5.74) is 0.799. The maximum absolute atomic E-state index is 12.6. The van der Waals surface area contributed by atoms with Crippen molar-refractivity contribution < 1.29 is 8.42 Å². The van der Waals surface area contributed by atoms with E-state index < -0.39 is 10.0 Å². The topological polar surface area (TPSA) is 62.3 Å². The van der Waals surface area contributed by atoms with E-state index in [-0.39, 0.29) is 6.04 Å². The molecule has 0 atom stereocenters. The lowest BCUT2D eigenvalue weighted by Gasteiger charge is -2.22. The second-order valence-electron chi connectivity index (χ2n) is 6.37. The van der Waals surface area contributed by atoms with E-state index in [0.29, 0.717) is 4.90 Å². The second-order valence-corrected chi connectivity index (χ2v) is 8.09. The Hall–Kier alpha value is -1.66. The predicted molar refractivity (Wildman–Crippen MR) is 93.3 cm³/mol. The molecule has 5 nitrogen and oxygen atoms in total. The highest BCUT2D eigenvalue weighted by Gasteiger charge is 2.22. The molecule has 0 radical (unpaired) electrons. The van der Waals surface area contributed by atoms with Crippen LogP contribution in [-0.2, 0) is 10.0 Å². The number of hydrogen-bond donors (Lipinski definition) is 1. The molecule has 23 heavy (non-hydrogen) atoms. The summed E-state index contributed by atoms with van der Waals surface area (Å²) >= 11 is 0. The Kier molecular flexibility index (Phi) is 4.55. The molecule has 1 aliphatic carbocycles. The molecule has 2 aromatic rings. The van der Waals surface area contributed by atoms with Crippen LogP contribution >= 0.6 is 0 Å². The molecule has 0 bridgehead atoms. The Morgan fingerprint density at radius 2 is 1.83 bits per heavy atom. The Labute approximate surface area is 137 Å². The van der Waals surface area contributed by atoms with Gasteiger partial charge in [-0.25, -0.2) is 18.1 Å². The first-order valence-corrected chi connectivity index (χ1v) is 9.54. The van der Waals surface area contributed by atoms with Crippen molar-refractivity contribution in [3.63, 3.8) is 0 Å². The van der Waals surface area contributed by atoms with Crippen LogP contribution in [0.1, 0.15) is 32.1 Å². The van der Waals surface area contributed by atoms with Crippen LogP contribution in [0.4, 0.5) is 5.82 Å². The maximum atomic E-state index is 12.6. The fourth-order valence-corrected chi connectivity index (χ4v) is 4.36. The summed E-state index contributed by atoms with van der Waals surface area (Å²) in [5, 5.41) is 0.835. The van der Waals surface area contributed by atoms with Gasteiger partial charge in [0.1, 0.15) is 5.82 Å². The molecule has 1 heterocycles. The summed E-state index contributed by atoms with van der Waals surface area (Å²) in [7, 11) is 0.397. The number of hydrogen-bond acceptors (Lipinski definition) is 4. The minimum Gasteiger partial charge on any atom is -0.363 e. The van der Waals surface area contributed by atoms with E-state index >= 15 is 0 Å². The van der Waals surface area contributed by atoms with Gasteiger partial charge in [0, 0.05) is 25.5 Å². The molecule has 1 N–H and O–H groups in total. The van der Waals surface area contributed by atoms with Crippen LogP contribution in [0.15, 0.2) is 35.2 Å². The number of benzene rings is 1. The summed E-state index contributed by atoms with van der Waals surface area (Å²) < 4.78 is 28.0. The second kappa shape index (κ2) is 6.45. The van der Waals surface area contributed by atoms with E-state index in [0.717, 1.165) is 42.4 Å². The predicted octanol–water partition coefficient (Wildman–Crippen LogP) is 2.91. The molecule has 1 aromatic carbocycles. The van der Waals surface area contributed by atoms with E-state index in [9.17, 15) is 8.42 Å². The lowest BCUT2D eigenvalue weighted by atomic mass is 9.96. The van der Waals surface area contributed by atoms with Gasteiger partial charge in [0.15, 0.2) is 0 Å². The molecule has 1 saturated carbocycles. The highest BCUT2D eigenvalue weighted by Crippen LogP contribution is 2.23. The summed E-state index contributed by atoms with van der Waals surface area (Å²) in [6, 6.07) is 8.99. The van der Waals surface area contributed by atoms with Gasteiger partial charge in [-0.2, -0.15) is 0 Å². The summed E-state index contributed by atoms with van der Waals surface area (Å²) in [6.07, 6.45) is 5.26. The van der Waals surface area contributed by atoms with Gasteiger partial charge in [0.05, 0.1) is 10.4 Å². The number of nitrogens with one attached hydrogen (secondary N) is 1. The average Bonchev–Trinajstić information content (AvgIpc) is 2.54.